The van der Waals surface area contributed by atoms with Crippen molar-refractivity contribution in [2.45, 2.75) is 6.54 Å². The lowest BCUT2D eigenvalue weighted by Gasteiger charge is -2.14. The highest BCUT2D eigenvalue weighted by Crippen LogP contribution is 2.21. The molecule has 0 aliphatic rings. The van der Waals surface area contributed by atoms with Gasteiger partial charge in [0.25, 0.3) is 0 Å². The molecule has 1 heterocycles. The van der Waals surface area contributed by atoms with E-state index in [1.165, 1.54) is 6.07 Å². The summed E-state index contributed by atoms with van der Waals surface area (Å²) < 4.78 is 5.17. The first-order chi connectivity index (χ1) is 9.63. The van der Waals surface area contributed by atoms with Gasteiger partial charge in [0.15, 0.2) is 0 Å². The largest absolute Gasteiger partial charge is 0.475 e. The standard InChI is InChI=1S/C14H11N3O3/c15-3-5-17(6-4-16)9-10-1-2-12-11(7-10)8-13(20-12)14(18)19/h1-2,7-8H,5-6,9H2,(H,18,19). The molecular formula is C14H11N3O3. The second kappa shape index (κ2) is 5.87. The van der Waals surface area contributed by atoms with E-state index in [1.54, 1.807) is 23.1 Å². The van der Waals surface area contributed by atoms with Crippen molar-refractivity contribution in [3.63, 3.8) is 0 Å². The molecule has 1 N–H and O–H groups in total. The van der Waals surface area contributed by atoms with Crippen LogP contribution in [0.25, 0.3) is 11.0 Å². The number of carboxylic acid groups (broad SMARTS) is 1. The fourth-order valence-electron chi connectivity index (χ4n) is 1.92. The fraction of sp³-hybridized carbons (Fsp3) is 0.214. The fourth-order valence-corrected chi connectivity index (χ4v) is 1.92. The van der Waals surface area contributed by atoms with Crippen LogP contribution in [0.2, 0.25) is 0 Å². The highest BCUT2D eigenvalue weighted by molar-refractivity contribution is 5.91. The van der Waals surface area contributed by atoms with E-state index in [1.807, 2.05) is 12.1 Å². The maximum atomic E-state index is 10.8. The number of nitrogens with zero attached hydrogens (tertiary/aromatic N) is 3. The molecule has 6 heteroatoms. The van der Waals surface area contributed by atoms with Gasteiger partial charge in [0.1, 0.15) is 5.58 Å². The Morgan fingerprint density at radius 3 is 2.55 bits per heavy atom. The second-order valence-corrected chi connectivity index (χ2v) is 4.25. The topological polar surface area (TPSA) is 101 Å². The zero-order chi connectivity index (χ0) is 14.5. The summed E-state index contributed by atoms with van der Waals surface area (Å²) in [7, 11) is 0. The maximum Gasteiger partial charge on any atom is 0.371 e. The van der Waals surface area contributed by atoms with Crippen molar-refractivity contribution in [2.75, 3.05) is 13.1 Å². The normalized spacial score (nSPS) is 10.3. The lowest BCUT2D eigenvalue weighted by atomic mass is 10.1. The van der Waals surface area contributed by atoms with Crippen LogP contribution in [0.15, 0.2) is 28.7 Å². The monoisotopic (exact) mass is 269 g/mol. The van der Waals surface area contributed by atoms with Gasteiger partial charge in [-0.2, -0.15) is 10.5 Å². The minimum absolute atomic E-state index is 0.108. The van der Waals surface area contributed by atoms with E-state index in [2.05, 4.69) is 0 Å². The van der Waals surface area contributed by atoms with Gasteiger partial charge < -0.3 is 9.52 Å². The third-order valence-electron chi connectivity index (χ3n) is 2.79. The molecule has 0 fully saturated rings. The summed E-state index contributed by atoms with van der Waals surface area (Å²) in [4.78, 5) is 12.5. The van der Waals surface area contributed by atoms with Crippen molar-refractivity contribution in [1.29, 1.82) is 10.5 Å². The van der Waals surface area contributed by atoms with Crippen molar-refractivity contribution < 1.29 is 14.3 Å². The molecule has 0 saturated heterocycles. The van der Waals surface area contributed by atoms with Crippen molar-refractivity contribution in [1.82, 2.24) is 4.90 Å². The van der Waals surface area contributed by atoms with Crippen molar-refractivity contribution in [3.8, 4) is 12.1 Å². The van der Waals surface area contributed by atoms with Gasteiger partial charge in [0, 0.05) is 11.9 Å². The molecule has 2 aromatic rings. The Morgan fingerprint density at radius 1 is 1.25 bits per heavy atom. The first-order valence-corrected chi connectivity index (χ1v) is 5.86. The molecule has 0 saturated carbocycles. The molecule has 1 aromatic carbocycles. The molecule has 0 bridgehead atoms. The van der Waals surface area contributed by atoms with Crippen molar-refractivity contribution >= 4 is 16.9 Å². The van der Waals surface area contributed by atoms with Gasteiger partial charge in [-0.15, -0.1) is 0 Å². The molecular weight excluding hydrogens is 258 g/mol. The van der Waals surface area contributed by atoms with Gasteiger partial charge in [-0.25, -0.2) is 4.79 Å². The summed E-state index contributed by atoms with van der Waals surface area (Å²) in [6.07, 6.45) is 0. The average molecular weight is 269 g/mol. The molecule has 1 aromatic heterocycles. The molecule has 0 spiro atoms. The van der Waals surface area contributed by atoms with Crippen LogP contribution in [0.1, 0.15) is 16.1 Å². The summed E-state index contributed by atoms with van der Waals surface area (Å²) in [6.45, 7) is 0.777. The van der Waals surface area contributed by atoms with E-state index in [9.17, 15) is 4.79 Å². The molecule has 0 atom stereocenters. The number of furan rings is 1. The van der Waals surface area contributed by atoms with Crippen LogP contribution < -0.4 is 0 Å². The van der Waals surface area contributed by atoms with E-state index >= 15 is 0 Å². The van der Waals surface area contributed by atoms with Gasteiger partial charge >= 0.3 is 5.97 Å². The van der Waals surface area contributed by atoms with Gasteiger partial charge in [-0.1, -0.05) is 6.07 Å². The minimum atomic E-state index is -1.11. The van der Waals surface area contributed by atoms with Crippen LogP contribution in [0.5, 0.6) is 0 Å². The first kappa shape index (κ1) is 13.6. The van der Waals surface area contributed by atoms with E-state index in [4.69, 9.17) is 20.0 Å². The number of hydrogen-bond acceptors (Lipinski definition) is 5. The molecule has 6 nitrogen and oxygen atoms in total. The lowest BCUT2D eigenvalue weighted by Crippen LogP contribution is -2.23. The first-order valence-electron chi connectivity index (χ1n) is 5.86. The number of rotatable bonds is 5. The molecule has 0 radical (unpaired) electrons. The van der Waals surface area contributed by atoms with Crippen LogP contribution in [0.4, 0.5) is 0 Å². The molecule has 2 rings (SSSR count). The zero-order valence-corrected chi connectivity index (χ0v) is 10.5. The Morgan fingerprint density at radius 2 is 1.95 bits per heavy atom. The molecule has 0 amide bonds. The van der Waals surface area contributed by atoms with Crippen molar-refractivity contribution in [2.24, 2.45) is 0 Å². The van der Waals surface area contributed by atoms with E-state index in [0.717, 1.165) is 5.56 Å². The molecule has 0 aliphatic heterocycles. The number of carboxylic acids is 1. The van der Waals surface area contributed by atoms with Crippen LogP contribution in [0.3, 0.4) is 0 Å². The van der Waals surface area contributed by atoms with E-state index in [-0.39, 0.29) is 18.8 Å². The summed E-state index contributed by atoms with van der Waals surface area (Å²) in [5, 5.41) is 26.9. The third kappa shape index (κ3) is 2.94. The second-order valence-electron chi connectivity index (χ2n) is 4.25. The van der Waals surface area contributed by atoms with Gasteiger partial charge in [-0.3, -0.25) is 4.90 Å². The van der Waals surface area contributed by atoms with Crippen LogP contribution in [-0.4, -0.2) is 29.1 Å². The number of fused-ring (bicyclic) bond motifs is 1. The Hall–Kier alpha value is -2.83. The molecule has 20 heavy (non-hydrogen) atoms. The smallest absolute Gasteiger partial charge is 0.371 e. The average Bonchev–Trinajstić information content (AvgIpc) is 2.82. The van der Waals surface area contributed by atoms with Crippen LogP contribution >= 0.6 is 0 Å². The van der Waals surface area contributed by atoms with E-state index in [0.29, 0.717) is 17.5 Å². The Bertz CT molecular complexity index is 705. The predicted molar refractivity (Wildman–Crippen MR) is 69.7 cm³/mol. The molecule has 0 unspecified atom stereocenters. The number of aromatic carboxylic acids is 1. The summed E-state index contributed by atoms with van der Waals surface area (Å²) in [5.74, 6) is -1.22. The van der Waals surface area contributed by atoms with Crippen LogP contribution in [-0.2, 0) is 6.54 Å². The Labute approximate surface area is 115 Å². The summed E-state index contributed by atoms with van der Waals surface area (Å²) >= 11 is 0. The Balaban J connectivity index is 2.25. The highest BCUT2D eigenvalue weighted by atomic mass is 16.4. The number of hydrogen-bond donors (Lipinski definition) is 1. The zero-order valence-electron chi connectivity index (χ0n) is 10.5. The third-order valence-corrected chi connectivity index (χ3v) is 2.79. The number of benzene rings is 1. The lowest BCUT2D eigenvalue weighted by molar-refractivity contribution is 0.0665. The van der Waals surface area contributed by atoms with Gasteiger partial charge in [0.05, 0.1) is 25.2 Å². The van der Waals surface area contributed by atoms with E-state index < -0.39 is 5.97 Å². The molecule has 0 aliphatic carbocycles. The quantitative estimate of drug-likeness (QED) is 0.833. The number of carbonyl (C=O) groups is 1. The summed E-state index contributed by atoms with van der Waals surface area (Å²) in [6, 6.07) is 10.8. The SMILES string of the molecule is N#CCN(CC#N)Cc1ccc2oc(C(=O)O)cc2c1. The Kier molecular flexibility index (Phi) is 3.99. The minimum Gasteiger partial charge on any atom is -0.475 e. The molecule has 100 valence electrons. The van der Waals surface area contributed by atoms with Crippen LogP contribution in [0, 0.1) is 22.7 Å². The summed E-state index contributed by atoms with van der Waals surface area (Å²) in [5.41, 5.74) is 1.39. The van der Waals surface area contributed by atoms with Gasteiger partial charge in [-0.05, 0) is 23.8 Å². The predicted octanol–water partition coefficient (Wildman–Crippen LogP) is 1.98. The van der Waals surface area contributed by atoms with Gasteiger partial charge in [0.2, 0.25) is 5.76 Å². The highest BCUT2D eigenvalue weighted by Gasteiger charge is 2.11. The maximum absolute atomic E-state index is 10.8. The number of nitriles is 2. The van der Waals surface area contributed by atoms with Crippen molar-refractivity contribution in [3.05, 3.63) is 35.6 Å².